The number of benzene rings is 1. The van der Waals surface area contributed by atoms with Gasteiger partial charge in [0.2, 0.25) is 0 Å². The molecule has 0 amide bonds. The zero-order valence-corrected chi connectivity index (χ0v) is 7.72. The monoisotopic (exact) mass is 185 g/mol. The second-order valence-electron chi connectivity index (χ2n) is 3.15. The molecule has 13 heavy (non-hydrogen) atoms. The fraction of sp³-hybridized carbons (Fsp3) is 0.400. The summed E-state index contributed by atoms with van der Waals surface area (Å²) in [5.74, 6) is 0. The summed E-state index contributed by atoms with van der Waals surface area (Å²) in [7, 11) is 0. The molecule has 1 nitrogen and oxygen atoms in total. The number of hydrogen-bond donors (Lipinski definition) is 1. The standard InChI is InChI=1S/C10H13F2N/c1-6-8(7(2)13)4-3-5-9(6)10(11)12/h3-5,7,10H,13H2,1-2H3. The molecule has 2 N–H and O–H groups in total. The minimum atomic E-state index is -2.42. The molecule has 0 aromatic heterocycles. The van der Waals surface area contributed by atoms with Crippen molar-refractivity contribution in [3.63, 3.8) is 0 Å². The maximum atomic E-state index is 12.4. The first kappa shape index (κ1) is 10.1. The van der Waals surface area contributed by atoms with Crippen LogP contribution in [0.25, 0.3) is 0 Å². The third-order valence-corrected chi connectivity index (χ3v) is 2.14. The van der Waals surface area contributed by atoms with Crippen molar-refractivity contribution in [2.75, 3.05) is 0 Å². The zero-order valence-electron chi connectivity index (χ0n) is 7.72. The number of hydrogen-bond acceptors (Lipinski definition) is 1. The summed E-state index contributed by atoms with van der Waals surface area (Å²) in [6, 6.07) is 4.64. The second kappa shape index (κ2) is 3.83. The summed E-state index contributed by atoms with van der Waals surface area (Å²) in [6.07, 6.45) is -2.42. The van der Waals surface area contributed by atoms with Gasteiger partial charge in [-0.3, -0.25) is 0 Å². The fourth-order valence-corrected chi connectivity index (χ4v) is 1.40. The third kappa shape index (κ3) is 2.04. The van der Waals surface area contributed by atoms with E-state index < -0.39 is 6.43 Å². The zero-order chi connectivity index (χ0) is 10.0. The van der Waals surface area contributed by atoms with E-state index in [0.29, 0.717) is 5.56 Å². The number of halogens is 2. The molecular formula is C10H13F2N. The number of rotatable bonds is 2. The van der Waals surface area contributed by atoms with Crippen molar-refractivity contribution in [1.82, 2.24) is 0 Å². The van der Waals surface area contributed by atoms with Crippen molar-refractivity contribution in [2.24, 2.45) is 5.73 Å². The molecule has 0 saturated carbocycles. The van der Waals surface area contributed by atoms with Crippen molar-refractivity contribution >= 4 is 0 Å². The fourth-order valence-electron chi connectivity index (χ4n) is 1.40. The molecule has 1 aromatic carbocycles. The molecule has 0 saturated heterocycles. The van der Waals surface area contributed by atoms with Crippen LogP contribution >= 0.6 is 0 Å². The number of alkyl halides is 2. The van der Waals surface area contributed by atoms with E-state index in [0.717, 1.165) is 5.56 Å². The molecule has 0 bridgehead atoms. The van der Waals surface area contributed by atoms with Gasteiger partial charge in [0, 0.05) is 11.6 Å². The first-order valence-electron chi connectivity index (χ1n) is 4.17. The Labute approximate surface area is 76.6 Å². The highest BCUT2D eigenvalue weighted by molar-refractivity contribution is 5.36. The Morgan fingerprint density at radius 1 is 1.23 bits per heavy atom. The minimum absolute atomic E-state index is 0.0785. The van der Waals surface area contributed by atoms with E-state index in [1.54, 1.807) is 26.0 Å². The maximum Gasteiger partial charge on any atom is 0.264 e. The van der Waals surface area contributed by atoms with Crippen LogP contribution in [0.15, 0.2) is 18.2 Å². The van der Waals surface area contributed by atoms with Crippen molar-refractivity contribution in [1.29, 1.82) is 0 Å². The van der Waals surface area contributed by atoms with Crippen LogP contribution in [0, 0.1) is 6.92 Å². The first-order chi connectivity index (χ1) is 6.04. The summed E-state index contributed by atoms with van der Waals surface area (Å²) in [6.45, 7) is 3.47. The molecule has 0 aliphatic heterocycles. The van der Waals surface area contributed by atoms with Gasteiger partial charge in [0.05, 0.1) is 0 Å². The Bertz CT molecular complexity index is 269. The normalized spacial score (nSPS) is 13.4. The Morgan fingerprint density at radius 2 is 1.77 bits per heavy atom. The van der Waals surface area contributed by atoms with Crippen LogP contribution in [0.4, 0.5) is 8.78 Å². The van der Waals surface area contributed by atoms with Gasteiger partial charge in [0.1, 0.15) is 0 Å². The lowest BCUT2D eigenvalue weighted by molar-refractivity contribution is 0.150. The van der Waals surface area contributed by atoms with Crippen LogP contribution in [-0.4, -0.2) is 0 Å². The van der Waals surface area contributed by atoms with Crippen molar-refractivity contribution in [3.8, 4) is 0 Å². The second-order valence-corrected chi connectivity index (χ2v) is 3.15. The highest BCUT2D eigenvalue weighted by Crippen LogP contribution is 2.26. The number of nitrogens with two attached hydrogens (primary N) is 1. The predicted octanol–water partition coefficient (Wildman–Crippen LogP) is 2.95. The van der Waals surface area contributed by atoms with Gasteiger partial charge in [0.15, 0.2) is 0 Å². The topological polar surface area (TPSA) is 26.0 Å². The van der Waals surface area contributed by atoms with Crippen molar-refractivity contribution in [2.45, 2.75) is 26.3 Å². The maximum absolute atomic E-state index is 12.4. The highest BCUT2D eigenvalue weighted by atomic mass is 19.3. The lowest BCUT2D eigenvalue weighted by Crippen LogP contribution is -2.08. The SMILES string of the molecule is Cc1c(C(C)N)cccc1C(F)F. The molecular weight excluding hydrogens is 172 g/mol. The Morgan fingerprint density at radius 3 is 2.23 bits per heavy atom. The summed E-state index contributed by atoms with van der Waals surface area (Å²) >= 11 is 0. The molecule has 3 heteroatoms. The highest BCUT2D eigenvalue weighted by Gasteiger charge is 2.13. The molecule has 0 fully saturated rings. The molecule has 1 aromatic rings. The smallest absolute Gasteiger partial charge is 0.264 e. The molecule has 1 rings (SSSR count). The van der Waals surface area contributed by atoms with Gasteiger partial charge in [-0.25, -0.2) is 8.78 Å². The summed E-state index contributed by atoms with van der Waals surface area (Å²) in [4.78, 5) is 0. The van der Waals surface area contributed by atoms with Gasteiger partial charge < -0.3 is 5.73 Å². The van der Waals surface area contributed by atoms with E-state index in [1.807, 2.05) is 0 Å². The molecule has 0 aliphatic carbocycles. The van der Waals surface area contributed by atoms with Crippen LogP contribution < -0.4 is 5.73 Å². The van der Waals surface area contributed by atoms with Crippen LogP contribution in [0.1, 0.15) is 36.1 Å². The van der Waals surface area contributed by atoms with Gasteiger partial charge >= 0.3 is 0 Å². The third-order valence-electron chi connectivity index (χ3n) is 2.14. The molecule has 0 spiro atoms. The van der Waals surface area contributed by atoms with Gasteiger partial charge in [0.25, 0.3) is 6.43 Å². The van der Waals surface area contributed by atoms with Crippen LogP contribution in [0.2, 0.25) is 0 Å². The minimum Gasteiger partial charge on any atom is -0.324 e. The molecule has 0 radical (unpaired) electrons. The average molecular weight is 185 g/mol. The van der Waals surface area contributed by atoms with Gasteiger partial charge in [-0.1, -0.05) is 18.2 Å². The van der Waals surface area contributed by atoms with Crippen LogP contribution in [-0.2, 0) is 0 Å². The lowest BCUT2D eigenvalue weighted by Gasteiger charge is -2.13. The summed E-state index contributed by atoms with van der Waals surface area (Å²) < 4.78 is 24.9. The molecule has 1 atom stereocenters. The van der Waals surface area contributed by atoms with Crippen molar-refractivity contribution in [3.05, 3.63) is 34.9 Å². The van der Waals surface area contributed by atoms with Gasteiger partial charge in [-0.15, -0.1) is 0 Å². The van der Waals surface area contributed by atoms with E-state index in [4.69, 9.17) is 5.73 Å². The van der Waals surface area contributed by atoms with E-state index >= 15 is 0 Å². The van der Waals surface area contributed by atoms with Crippen LogP contribution in [0.3, 0.4) is 0 Å². The van der Waals surface area contributed by atoms with Crippen molar-refractivity contribution < 1.29 is 8.78 Å². The average Bonchev–Trinajstić information content (AvgIpc) is 2.03. The van der Waals surface area contributed by atoms with Gasteiger partial charge in [-0.2, -0.15) is 0 Å². The van der Waals surface area contributed by atoms with E-state index in [-0.39, 0.29) is 11.6 Å². The quantitative estimate of drug-likeness (QED) is 0.753. The van der Waals surface area contributed by atoms with E-state index in [2.05, 4.69) is 0 Å². The molecule has 72 valence electrons. The van der Waals surface area contributed by atoms with E-state index in [9.17, 15) is 8.78 Å². The summed E-state index contributed by atoms with van der Waals surface area (Å²) in [5.41, 5.74) is 7.11. The lowest BCUT2D eigenvalue weighted by atomic mass is 9.98. The van der Waals surface area contributed by atoms with Gasteiger partial charge in [-0.05, 0) is 25.0 Å². The van der Waals surface area contributed by atoms with Crippen LogP contribution in [0.5, 0.6) is 0 Å². The molecule has 0 aliphatic rings. The largest absolute Gasteiger partial charge is 0.324 e. The molecule has 1 unspecified atom stereocenters. The first-order valence-corrected chi connectivity index (χ1v) is 4.17. The Balaban J connectivity index is 3.18. The summed E-state index contributed by atoms with van der Waals surface area (Å²) in [5, 5.41) is 0. The van der Waals surface area contributed by atoms with E-state index in [1.165, 1.54) is 6.07 Å². The Kier molecular flexibility index (Phi) is 2.98. The molecule has 0 heterocycles. The Hall–Kier alpha value is -0.960. The predicted molar refractivity (Wildman–Crippen MR) is 48.7 cm³/mol.